The van der Waals surface area contributed by atoms with Gasteiger partial charge in [-0.3, -0.25) is 10.1 Å². The number of non-ortho nitro benzene ring substituents is 1. The van der Waals surface area contributed by atoms with Gasteiger partial charge in [0.15, 0.2) is 0 Å². The third-order valence-electron chi connectivity index (χ3n) is 3.78. The second-order valence-electron chi connectivity index (χ2n) is 5.70. The molecule has 0 spiro atoms. The second kappa shape index (κ2) is 9.91. The van der Waals surface area contributed by atoms with Gasteiger partial charge >= 0.3 is 5.97 Å². The molecule has 0 aliphatic heterocycles. The van der Waals surface area contributed by atoms with Crippen molar-refractivity contribution < 1.29 is 19.2 Å². The van der Waals surface area contributed by atoms with E-state index >= 15 is 0 Å². The van der Waals surface area contributed by atoms with Gasteiger partial charge in [-0.25, -0.2) is 4.79 Å². The van der Waals surface area contributed by atoms with Crippen LogP contribution in [0, 0.1) is 10.1 Å². The molecule has 2 rings (SSSR count). The number of ether oxygens (including phenoxy) is 2. The maximum atomic E-state index is 11.9. The fourth-order valence-corrected chi connectivity index (χ4v) is 2.43. The van der Waals surface area contributed by atoms with Crippen LogP contribution < -0.4 is 9.47 Å². The number of nitro groups is 1. The normalized spacial score (nSPS) is 11.4. The highest BCUT2D eigenvalue weighted by atomic mass is 16.6. The molecule has 0 unspecified atom stereocenters. The number of rotatable bonds is 8. The molecule has 0 fully saturated rings. The molecule has 2 aromatic carbocycles. The monoisotopic (exact) mass is 367 g/mol. The number of allylic oxidation sites excluding steroid dienone is 3. The number of benzene rings is 2. The molecule has 0 aliphatic rings. The molecule has 0 heterocycles. The van der Waals surface area contributed by atoms with Crippen molar-refractivity contribution in [3.05, 3.63) is 82.4 Å². The highest BCUT2D eigenvalue weighted by molar-refractivity contribution is 5.85. The number of nitrogens with zero attached hydrogens (tertiary/aromatic N) is 1. The van der Waals surface area contributed by atoms with E-state index in [0.29, 0.717) is 0 Å². The summed E-state index contributed by atoms with van der Waals surface area (Å²) < 4.78 is 10.3. The van der Waals surface area contributed by atoms with E-state index in [1.165, 1.54) is 30.3 Å². The van der Waals surface area contributed by atoms with Crippen LogP contribution in [0.15, 0.2) is 66.8 Å². The van der Waals surface area contributed by atoms with Crippen LogP contribution in [0.4, 0.5) is 5.69 Å². The molecule has 2 aromatic rings. The number of hydrogen-bond acceptors (Lipinski definition) is 5. The third-order valence-corrected chi connectivity index (χ3v) is 3.78. The molecule has 0 aromatic heterocycles. The molecule has 140 valence electrons. The minimum absolute atomic E-state index is 0.0584. The number of carbonyl (C=O) groups is 1. The summed E-state index contributed by atoms with van der Waals surface area (Å²) in [5.41, 5.74) is 2.10. The molecule has 0 aliphatic carbocycles. The Kier molecular flexibility index (Phi) is 7.31. The van der Waals surface area contributed by atoms with Gasteiger partial charge < -0.3 is 9.47 Å². The minimum Gasteiger partial charge on any atom is -0.497 e. The SMILES string of the molecule is CCCC(=CC=CC(=O)Oc1ccc([N+](=O)[O-])cc1)c1ccc(OC)cc1. The lowest BCUT2D eigenvalue weighted by molar-refractivity contribution is -0.384. The predicted octanol–water partition coefficient (Wildman–Crippen LogP) is 4.95. The highest BCUT2D eigenvalue weighted by Crippen LogP contribution is 2.23. The highest BCUT2D eigenvalue weighted by Gasteiger charge is 2.06. The molecule has 0 saturated heterocycles. The molecule has 0 bridgehead atoms. The lowest BCUT2D eigenvalue weighted by atomic mass is 10.0. The molecular weight excluding hydrogens is 346 g/mol. The first-order chi connectivity index (χ1) is 13.0. The zero-order valence-corrected chi connectivity index (χ0v) is 15.3. The van der Waals surface area contributed by atoms with Crippen molar-refractivity contribution in [2.45, 2.75) is 19.8 Å². The number of nitro benzene ring substituents is 1. The van der Waals surface area contributed by atoms with E-state index in [2.05, 4.69) is 6.92 Å². The van der Waals surface area contributed by atoms with E-state index in [1.54, 1.807) is 13.2 Å². The van der Waals surface area contributed by atoms with Crippen molar-refractivity contribution in [1.29, 1.82) is 0 Å². The molecule has 27 heavy (non-hydrogen) atoms. The molecule has 0 saturated carbocycles. The van der Waals surface area contributed by atoms with Gasteiger partial charge in [-0.05, 0) is 41.8 Å². The van der Waals surface area contributed by atoms with Crippen molar-refractivity contribution in [3.63, 3.8) is 0 Å². The zero-order valence-electron chi connectivity index (χ0n) is 15.3. The Labute approximate surface area is 157 Å². The lowest BCUT2D eigenvalue weighted by Crippen LogP contribution is -2.03. The molecule has 0 N–H and O–H groups in total. The van der Waals surface area contributed by atoms with Crippen molar-refractivity contribution in [2.75, 3.05) is 7.11 Å². The first-order valence-electron chi connectivity index (χ1n) is 8.51. The molecule has 6 nitrogen and oxygen atoms in total. The Hall–Kier alpha value is -3.41. The van der Waals surface area contributed by atoms with Gasteiger partial charge in [-0.15, -0.1) is 0 Å². The zero-order chi connectivity index (χ0) is 19.6. The third kappa shape index (κ3) is 6.11. The Morgan fingerprint density at radius 3 is 2.26 bits per heavy atom. The summed E-state index contributed by atoms with van der Waals surface area (Å²) in [4.78, 5) is 22.0. The summed E-state index contributed by atoms with van der Waals surface area (Å²) in [5, 5.41) is 10.6. The van der Waals surface area contributed by atoms with Gasteiger partial charge in [0, 0.05) is 18.2 Å². The molecule has 6 heteroatoms. The summed E-state index contributed by atoms with van der Waals surface area (Å²) >= 11 is 0. The van der Waals surface area contributed by atoms with E-state index in [4.69, 9.17) is 9.47 Å². The number of hydrogen-bond donors (Lipinski definition) is 0. The average molecular weight is 367 g/mol. The predicted molar refractivity (Wildman–Crippen MR) is 104 cm³/mol. The van der Waals surface area contributed by atoms with Gasteiger partial charge in [0.25, 0.3) is 5.69 Å². The van der Waals surface area contributed by atoms with E-state index in [1.807, 2.05) is 30.3 Å². The van der Waals surface area contributed by atoms with E-state index in [0.717, 1.165) is 29.7 Å². The van der Waals surface area contributed by atoms with Gasteiger partial charge in [-0.1, -0.05) is 37.6 Å². The van der Waals surface area contributed by atoms with Crippen LogP contribution in [0.25, 0.3) is 5.57 Å². The minimum atomic E-state index is -0.550. The van der Waals surface area contributed by atoms with Crippen LogP contribution in [0.2, 0.25) is 0 Å². The van der Waals surface area contributed by atoms with Crippen LogP contribution >= 0.6 is 0 Å². The Morgan fingerprint density at radius 1 is 1.07 bits per heavy atom. The fourth-order valence-electron chi connectivity index (χ4n) is 2.43. The standard InChI is InChI=1S/C21H21NO5/c1-3-5-16(17-8-12-19(26-2)13-9-17)6-4-7-21(23)27-20-14-10-18(11-15-20)22(24)25/h4,6-15H,3,5H2,1-2H3. The van der Waals surface area contributed by atoms with Crippen LogP contribution in [0.1, 0.15) is 25.3 Å². The first-order valence-corrected chi connectivity index (χ1v) is 8.51. The summed E-state index contributed by atoms with van der Waals surface area (Å²) in [6.07, 6.45) is 6.68. The van der Waals surface area contributed by atoms with E-state index in [9.17, 15) is 14.9 Å². The molecule has 0 atom stereocenters. The van der Waals surface area contributed by atoms with E-state index in [-0.39, 0.29) is 11.4 Å². The quantitative estimate of drug-likeness (QED) is 0.165. The molecule has 0 amide bonds. The molecule has 0 radical (unpaired) electrons. The average Bonchev–Trinajstić information content (AvgIpc) is 2.68. The Bertz CT molecular complexity index is 836. The van der Waals surface area contributed by atoms with Gasteiger partial charge in [0.2, 0.25) is 0 Å². The summed E-state index contributed by atoms with van der Waals surface area (Å²) in [6, 6.07) is 13.1. The van der Waals surface area contributed by atoms with Crippen molar-refractivity contribution >= 4 is 17.2 Å². The van der Waals surface area contributed by atoms with Crippen molar-refractivity contribution in [1.82, 2.24) is 0 Å². The fraction of sp³-hybridized carbons (Fsp3) is 0.190. The van der Waals surface area contributed by atoms with Crippen LogP contribution in [-0.2, 0) is 4.79 Å². The van der Waals surface area contributed by atoms with Crippen LogP contribution in [0.3, 0.4) is 0 Å². The van der Waals surface area contributed by atoms with Gasteiger partial charge in [-0.2, -0.15) is 0 Å². The summed E-state index contributed by atoms with van der Waals surface area (Å²) in [5.74, 6) is 0.491. The molecular formula is C21H21NO5. The topological polar surface area (TPSA) is 78.7 Å². The largest absolute Gasteiger partial charge is 0.497 e. The van der Waals surface area contributed by atoms with E-state index < -0.39 is 10.9 Å². The Balaban J connectivity index is 2.03. The smallest absolute Gasteiger partial charge is 0.336 e. The van der Waals surface area contributed by atoms with Gasteiger partial charge in [0.05, 0.1) is 12.0 Å². The number of esters is 1. The van der Waals surface area contributed by atoms with Crippen LogP contribution in [-0.4, -0.2) is 18.0 Å². The summed E-state index contributed by atoms with van der Waals surface area (Å²) in [7, 11) is 1.62. The van der Waals surface area contributed by atoms with Crippen molar-refractivity contribution in [3.8, 4) is 11.5 Å². The van der Waals surface area contributed by atoms with Gasteiger partial charge in [0.1, 0.15) is 11.5 Å². The summed E-state index contributed by atoms with van der Waals surface area (Å²) in [6.45, 7) is 2.09. The van der Waals surface area contributed by atoms with Crippen LogP contribution in [0.5, 0.6) is 11.5 Å². The maximum Gasteiger partial charge on any atom is 0.336 e. The maximum absolute atomic E-state index is 11.9. The number of methoxy groups -OCH3 is 1. The second-order valence-corrected chi connectivity index (χ2v) is 5.70. The Morgan fingerprint density at radius 2 is 1.70 bits per heavy atom. The lowest BCUT2D eigenvalue weighted by Gasteiger charge is -2.07. The van der Waals surface area contributed by atoms with Crippen molar-refractivity contribution in [2.24, 2.45) is 0 Å². The first kappa shape index (κ1) is 19.9. The number of carbonyl (C=O) groups excluding carboxylic acids is 1.